The molecule has 1 aliphatic heterocycles. The van der Waals surface area contributed by atoms with Crippen molar-refractivity contribution in [2.45, 2.75) is 6.17 Å². The molecule has 0 fully saturated rings. The molecule has 0 saturated carbocycles. The third-order valence-corrected chi connectivity index (χ3v) is 4.23. The van der Waals surface area contributed by atoms with E-state index in [1.54, 1.807) is 55.4 Å². The first-order valence-corrected chi connectivity index (χ1v) is 7.66. The van der Waals surface area contributed by atoms with Crippen molar-refractivity contribution in [2.24, 2.45) is 0 Å². The molecule has 2 N–H and O–H groups in total. The van der Waals surface area contributed by atoms with Crippen molar-refractivity contribution in [1.29, 1.82) is 0 Å². The van der Waals surface area contributed by atoms with Gasteiger partial charge in [-0.25, -0.2) is 0 Å². The molecule has 2 amide bonds. The van der Waals surface area contributed by atoms with Crippen molar-refractivity contribution in [3.05, 3.63) is 59.7 Å². The number of fused-ring (bicyclic) bond motifs is 1. The number of phenols is 1. The van der Waals surface area contributed by atoms with Gasteiger partial charge in [0.15, 0.2) is 0 Å². The number of nitrogens with one attached hydrogen (secondary N) is 1. The number of aromatic hydroxyl groups is 1. The molecule has 6 heteroatoms. The standard InChI is InChI=1S/C18H19N3O3/c1-19-16(23)11-21-14-9-5-3-7-12(14)18(24)20(2)17(21)13-8-4-6-10-15(13)22/h3-10,17,22H,11H2,1-2H3,(H,19,23). The van der Waals surface area contributed by atoms with Gasteiger partial charge in [-0.2, -0.15) is 0 Å². The second-order valence-corrected chi connectivity index (χ2v) is 5.67. The van der Waals surface area contributed by atoms with E-state index in [1.165, 1.54) is 0 Å². The molecule has 3 rings (SSSR count). The number of nitrogens with zero attached hydrogens (tertiary/aromatic N) is 2. The molecule has 1 unspecified atom stereocenters. The van der Waals surface area contributed by atoms with Crippen molar-refractivity contribution in [3.8, 4) is 5.75 Å². The average Bonchev–Trinajstić information content (AvgIpc) is 2.60. The number of likely N-dealkylation sites (N-methyl/N-ethyl adjacent to an activating group) is 1. The number of amides is 2. The Morgan fingerprint density at radius 3 is 2.54 bits per heavy atom. The van der Waals surface area contributed by atoms with Crippen LogP contribution in [0.1, 0.15) is 22.1 Å². The number of para-hydroxylation sites is 2. The highest BCUT2D eigenvalue weighted by Gasteiger charge is 2.38. The van der Waals surface area contributed by atoms with E-state index in [9.17, 15) is 14.7 Å². The maximum absolute atomic E-state index is 12.7. The molecule has 2 aromatic rings. The van der Waals surface area contributed by atoms with Crippen molar-refractivity contribution < 1.29 is 14.7 Å². The molecule has 0 radical (unpaired) electrons. The summed E-state index contributed by atoms with van der Waals surface area (Å²) in [6.07, 6.45) is -0.564. The molecule has 2 aromatic carbocycles. The zero-order chi connectivity index (χ0) is 17.3. The highest BCUT2D eigenvalue weighted by atomic mass is 16.3. The van der Waals surface area contributed by atoms with Crippen molar-refractivity contribution in [1.82, 2.24) is 10.2 Å². The minimum absolute atomic E-state index is 0.0735. The summed E-state index contributed by atoms with van der Waals surface area (Å²) in [6, 6.07) is 14.0. The first kappa shape index (κ1) is 15.9. The van der Waals surface area contributed by atoms with E-state index in [0.29, 0.717) is 16.8 Å². The number of carbonyl (C=O) groups excluding carboxylic acids is 2. The predicted octanol–water partition coefficient (Wildman–Crippen LogP) is 1.73. The van der Waals surface area contributed by atoms with Crippen LogP contribution in [0.5, 0.6) is 5.75 Å². The lowest BCUT2D eigenvalue weighted by atomic mass is 10.0. The molecule has 0 aromatic heterocycles. The van der Waals surface area contributed by atoms with Crippen LogP contribution in [-0.2, 0) is 4.79 Å². The predicted molar refractivity (Wildman–Crippen MR) is 90.8 cm³/mol. The van der Waals surface area contributed by atoms with Gasteiger partial charge in [0.2, 0.25) is 5.91 Å². The first-order valence-electron chi connectivity index (χ1n) is 7.66. The number of hydrogen-bond acceptors (Lipinski definition) is 4. The van der Waals surface area contributed by atoms with Gasteiger partial charge in [-0.1, -0.05) is 30.3 Å². The smallest absolute Gasteiger partial charge is 0.257 e. The highest BCUT2D eigenvalue weighted by molar-refractivity contribution is 6.02. The Morgan fingerprint density at radius 1 is 1.17 bits per heavy atom. The molecular weight excluding hydrogens is 306 g/mol. The van der Waals surface area contributed by atoms with Crippen LogP contribution in [0.2, 0.25) is 0 Å². The summed E-state index contributed by atoms with van der Waals surface area (Å²) in [6.45, 7) is 0.0735. The first-order chi connectivity index (χ1) is 11.5. The summed E-state index contributed by atoms with van der Waals surface area (Å²) < 4.78 is 0. The summed E-state index contributed by atoms with van der Waals surface area (Å²) in [7, 11) is 3.24. The van der Waals surface area contributed by atoms with E-state index in [1.807, 2.05) is 17.0 Å². The lowest BCUT2D eigenvalue weighted by Gasteiger charge is -2.44. The van der Waals surface area contributed by atoms with Crippen LogP contribution in [-0.4, -0.2) is 42.5 Å². The Labute approximate surface area is 140 Å². The van der Waals surface area contributed by atoms with E-state index < -0.39 is 6.17 Å². The quantitative estimate of drug-likeness (QED) is 0.901. The fourth-order valence-electron chi connectivity index (χ4n) is 3.03. The summed E-state index contributed by atoms with van der Waals surface area (Å²) in [4.78, 5) is 28.1. The van der Waals surface area contributed by atoms with Crippen LogP contribution in [0.25, 0.3) is 0 Å². The van der Waals surface area contributed by atoms with Gasteiger partial charge < -0.3 is 20.2 Å². The summed E-state index contributed by atoms with van der Waals surface area (Å²) in [5.74, 6) is -0.233. The number of anilines is 1. The van der Waals surface area contributed by atoms with E-state index in [2.05, 4.69) is 5.32 Å². The van der Waals surface area contributed by atoms with Crippen LogP contribution in [0, 0.1) is 0 Å². The maximum Gasteiger partial charge on any atom is 0.257 e. The minimum Gasteiger partial charge on any atom is -0.508 e. The minimum atomic E-state index is -0.564. The largest absolute Gasteiger partial charge is 0.508 e. The van der Waals surface area contributed by atoms with Gasteiger partial charge in [-0.05, 0) is 18.2 Å². The molecule has 1 aliphatic rings. The second-order valence-electron chi connectivity index (χ2n) is 5.67. The molecule has 1 atom stereocenters. The Bertz CT molecular complexity index is 791. The lowest BCUT2D eigenvalue weighted by molar-refractivity contribution is -0.119. The zero-order valence-electron chi connectivity index (χ0n) is 13.6. The monoisotopic (exact) mass is 325 g/mol. The van der Waals surface area contributed by atoms with Crippen LogP contribution in [0.4, 0.5) is 5.69 Å². The number of hydrogen-bond donors (Lipinski definition) is 2. The number of phenolic OH excluding ortho intramolecular Hbond substituents is 1. The van der Waals surface area contributed by atoms with Gasteiger partial charge >= 0.3 is 0 Å². The fraction of sp³-hybridized carbons (Fsp3) is 0.222. The third-order valence-electron chi connectivity index (χ3n) is 4.23. The van der Waals surface area contributed by atoms with Crippen LogP contribution in [0.15, 0.2) is 48.5 Å². The SMILES string of the molecule is CNC(=O)CN1c2ccccc2C(=O)N(C)C1c1ccccc1O. The van der Waals surface area contributed by atoms with Crippen molar-refractivity contribution >= 4 is 17.5 Å². The average molecular weight is 325 g/mol. The van der Waals surface area contributed by atoms with Crippen molar-refractivity contribution in [3.63, 3.8) is 0 Å². The van der Waals surface area contributed by atoms with Crippen LogP contribution >= 0.6 is 0 Å². The van der Waals surface area contributed by atoms with Crippen LogP contribution in [0.3, 0.4) is 0 Å². The Hall–Kier alpha value is -3.02. The van der Waals surface area contributed by atoms with E-state index >= 15 is 0 Å². The molecule has 6 nitrogen and oxygen atoms in total. The van der Waals surface area contributed by atoms with Gasteiger partial charge in [0.25, 0.3) is 5.91 Å². The third kappa shape index (κ3) is 2.56. The summed E-state index contributed by atoms with van der Waals surface area (Å²) >= 11 is 0. The molecule has 124 valence electrons. The molecule has 1 heterocycles. The van der Waals surface area contributed by atoms with Gasteiger partial charge in [-0.15, -0.1) is 0 Å². The summed E-state index contributed by atoms with van der Waals surface area (Å²) in [5, 5.41) is 12.9. The van der Waals surface area contributed by atoms with Gasteiger partial charge in [0, 0.05) is 19.7 Å². The fourth-order valence-corrected chi connectivity index (χ4v) is 3.03. The number of carbonyl (C=O) groups is 2. The lowest BCUT2D eigenvalue weighted by Crippen LogP contribution is -2.50. The Morgan fingerprint density at radius 2 is 1.83 bits per heavy atom. The normalized spacial score (nSPS) is 16.8. The van der Waals surface area contributed by atoms with E-state index in [0.717, 1.165) is 0 Å². The highest BCUT2D eigenvalue weighted by Crippen LogP contribution is 2.40. The number of rotatable bonds is 3. The van der Waals surface area contributed by atoms with Gasteiger partial charge in [0.05, 0.1) is 17.8 Å². The zero-order valence-corrected chi connectivity index (χ0v) is 13.6. The van der Waals surface area contributed by atoms with Crippen molar-refractivity contribution in [2.75, 3.05) is 25.5 Å². The van der Waals surface area contributed by atoms with E-state index in [4.69, 9.17) is 0 Å². The topological polar surface area (TPSA) is 72.9 Å². The molecule has 0 bridgehead atoms. The second kappa shape index (κ2) is 6.23. The molecule has 0 aliphatic carbocycles. The Kier molecular flexibility index (Phi) is 4.12. The molecule has 0 spiro atoms. The summed E-state index contributed by atoms with van der Waals surface area (Å²) in [5.41, 5.74) is 1.79. The van der Waals surface area contributed by atoms with E-state index in [-0.39, 0.29) is 24.1 Å². The van der Waals surface area contributed by atoms with Gasteiger partial charge in [-0.3, -0.25) is 9.59 Å². The molecule has 24 heavy (non-hydrogen) atoms. The van der Waals surface area contributed by atoms with Crippen LogP contribution < -0.4 is 10.2 Å². The molecular formula is C18H19N3O3. The maximum atomic E-state index is 12.7. The van der Waals surface area contributed by atoms with Gasteiger partial charge in [0.1, 0.15) is 11.9 Å². The number of benzene rings is 2. The molecule has 0 saturated heterocycles. The Balaban J connectivity index is 2.16.